The molecule has 2 N–H and O–H groups in total. The lowest BCUT2D eigenvalue weighted by molar-refractivity contribution is -0.114. The molecule has 1 saturated heterocycles. The molecule has 0 radical (unpaired) electrons. The average Bonchev–Trinajstić information content (AvgIpc) is 3.22. The first-order valence-corrected chi connectivity index (χ1v) is 10.1. The van der Waals surface area contributed by atoms with Gasteiger partial charge in [0, 0.05) is 23.9 Å². The highest BCUT2D eigenvalue weighted by atomic mass is 32.2. The van der Waals surface area contributed by atoms with Gasteiger partial charge in [-0.05, 0) is 29.8 Å². The zero-order valence-electron chi connectivity index (χ0n) is 16.8. The SMILES string of the molecule is COc1cc(C(=O)C2CSC(c3ccc(NC(C)=O)cc3)N2)cc(OC)c1OC. The number of Topliss-reactive ketones (excluding diaryl/α,β-unsaturated/α-hetero) is 1. The number of benzene rings is 2. The minimum absolute atomic E-state index is 0.00244. The Labute approximate surface area is 174 Å². The zero-order valence-corrected chi connectivity index (χ0v) is 17.6. The molecule has 0 spiro atoms. The van der Waals surface area contributed by atoms with Crippen LogP contribution >= 0.6 is 11.8 Å². The number of nitrogens with one attached hydrogen (secondary N) is 2. The fourth-order valence-corrected chi connectivity index (χ4v) is 4.43. The molecular weight excluding hydrogens is 392 g/mol. The third-order valence-corrected chi connectivity index (χ3v) is 5.85. The van der Waals surface area contributed by atoms with Crippen molar-refractivity contribution < 1.29 is 23.8 Å². The second-order valence-electron chi connectivity index (χ2n) is 6.51. The maximum absolute atomic E-state index is 13.1. The van der Waals surface area contributed by atoms with E-state index < -0.39 is 0 Å². The number of ketones is 1. The summed E-state index contributed by atoms with van der Waals surface area (Å²) in [6.45, 7) is 1.47. The van der Waals surface area contributed by atoms with E-state index in [0.29, 0.717) is 28.6 Å². The molecule has 1 aliphatic heterocycles. The normalized spacial score (nSPS) is 18.2. The third kappa shape index (κ3) is 4.65. The number of carbonyl (C=O) groups is 2. The molecule has 1 fully saturated rings. The van der Waals surface area contributed by atoms with Gasteiger partial charge in [0.25, 0.3) is 0 Å². The number of thioether (sulfide) groups is 1. The van der Waals surface area contributed by atoms with E-state index in [1.165, 1.54) is 28.3 Å². The van der Waals surface area contributed by atoms with Crippen LogP contribution in [0.25, 0.3) is 0 Å². The van der Waals surface area contributed by atoms with Crippen molar-refractivity contribution in [2.75, 3.05) is 32.4 Å². The summed E-state index contributed by atoms with van der Waals surface area (Å²) in [5.74, 6) is 1.86. The summed E-state index contributed by atoms with van der Waals surface area (Å²) in [4.78, 5) is 24.2. The summed E-state index contributed by atoms with van der Waals surface area (Å²) in [6.07, 6.45) is 0. The largest absolute Gasteiger partial charge is 0.493 e. The number of carbonyl (C=O) groups excluding carboxylic acids is 2. The summed E-state index contributed by atoms with van der Waals surface area (Å²) in [5, 5.41) is 6.13. The van der Waals surface area contributed by atoms with Crippen LogP contribution in [0.1, 0.15) is 28.2 Å². The lowest BCUT2D eigenvalue weighted by Gasteiger charge is -2.16. The molecule has 0 bridgehead atoms. The topological polar surface area (TPSA) is 85.9 Å². The first-order chi connectivity index (χ1) is 14.0. The molecule has 2 unspecified atom stereocenters. The monoisotopic (exact) mass is 416 g/mol. The van der Waals surface area contributed by atoms with Crippen LogP contribution in [0.5, 0.6) is 17.2 Å². The summed E-state index contributed by atoms with van der Waals surface area (Å²) in [5.41, 5.74) is 2.29. The minimum Gasteiger partial charge on any atom is -0.493 e. The van der Waals surface area contributed by atoms with Crippen LogP contribution in [0.2, 0.25) is 0 Å². The maximum Gasteiger partial charge on any atom is 0.221 e. The predicted octanol–water partition coefficient (Wildman–Crippen LogP) is 3.26. The lowest BCUT2D eigenvalue weighted by Crippen LogP contribution is -2.34. The van der Waals surface area contributed by atoms with Gasteiger partial charge in [0.2, 0.25) is 11.7 Å². The molecule has 3 rings (SSSR count). The molecule has 1 heterocycles. The van der Waals surface area contributed by atoms with E-state index >= 15 is 0 Å². The fourth-order valence-electron chi connectivity index (χ4n) is 3.18. The van der Waals surface area contributed by atoms with Gasteiger partial charge < -0.3 is 19.5 Å². The van der Waals surface area contributed by atoms with Crippen molar-refractivity contribution >= 4 is 29.1 Å². The fraction of sp³-hybridized carbons (Fsp3) is 0.333. The lowest BCUT2D eigenvalue weighted by atomic mass is 10.0. The van der Waals surface area contributed by atoms with Crippen LogP contribution in [0, 0.1) is 0 Å². The Bertz CT molecular complexity index is 875. The van der Waals surface area contributed by atoms with Crippen LogP contribution < -0.4 is 24.8 Å². The molecule has 0 saturated carbocycles. The number of anilines is 1. The van der Waals surface area contributed by atoms with Gasteiger partial charge in [0.05, 0.1) is 32.7 Å². The van der Waals surface area contributed by atoms with E-state index in [4.69, 9.17) is 14.2 Å². The van der Waals surface area contributed by atoms with Gasteiger partial charge in [0.1, 0.15) is 0 Å². The van der Waals surface area contributed by atoms with Gasteiger partial charge >= 0.3 is 0 Å². The zero-order chi connectivity index (χ0) is 21.0. The molecule has 2 aromatic carbocycles. The summed E-state index contributed by atoms with van der Waals surface area (Å²) in [6, 6.07) is 10.6. The molecule has 2 aromatic rings. The van der Waals surface area contributed by atoms with Gasteiger partial charge in [-0.1, -0.05) is 12.1 Å². The van der Waals surface area contributed by atoms with Crippen molar-refractivity contribution in [3.05, 3.63) is 47.5 Å². The Hall–Kier alpha value is -2.71. The van der Waals surface area contributed by atoms with E-state index in [-0.39, 0.29) is 23.1 Å². The van der Waals surface area contributed by atoms with Crippen LogP contribution in [0.3, 0.4) is 0 Å². The van der Waals surface area contributed by atoms with Gasteiger partial charge in [-0.25, -0.2) is 0 Å². The average molecular weight is 416 g/mol. The molecule has 29 heavy (non-hydrogen) atoms. The summed E-state index contributed by atoms with van der Waals surface area (Å²) >= 11 is 1.67. The highest BCUT2D eigenvalue weighted by Crippen LogP contribution is 2.40. The molecule has 1 amide bonds. The first-order valence-electron chi connectivity index (χ1n) is 9.06. The Morgan fingerprint density at radius 1 is 1.03 bits per heavy atom. The van der Waals surface area contributed by atoms with Gasteiger partial charge in [0.15, 0.2) is 17.3 Å². The molecule has 8 heteroatoms. The first kappa shape index (κ1) is 21.0. The van der Waals surface area contributed by atoms with Crippen molar-refractivity contribution in [2.24, 2.45) is 0 Å². The maximum atomic E-state index is 13.1. The van der Waals surface area contributed by atoms with Crippen molar-refractivity contribution in [1.82, 2.24) is 5.32 Å². The molecule has 7 nitrogen and oxygen atoms in total. The summed E-state index contributed by atoms with van der Waals surface area (Å²) < 4.78 is 16.0. The van der Waals surface area contributed by atoms with Crippen molar-refractivity contribution in [2.45, 2.75) is 18.3 Å². The van der Waals surface area contributed by atoms with E-state index in [1.807, 2.05) is 24.3 Å². The number of ether oxygens (including phenoxy) is 3. The molecule has 0 aromatic heterocycles. The molecule has 0 aliphatic carbocycles. The number of amides is 1. The second kappa shape index (κ2) is 9.19. The second-order valence-corrected chi connectivity index (χ2v) is 7.65. The van der Waals surface area contributed by atoms with Gasteiger partial charge in [-0.2, -0.15) is 0 Å². The third-order valence-electron chi connectivity index (χ3n) is 4.58. The highest BCUT2D eigenvalue weighted by Gasteiger charge is 2.32. The highest BCUT2D eigenvalue weighted by molar-refractivity contribution is 7.99. The van der Waals surface area contributed by atoms with Crippen molar-refractivity contribution in [1.29, 1.82) is 0 Å². The van der Waals surface area contributed by atoms with Crippen LogP contribution in [0.15, 0.2) is 36.4 Å². The predicted molar refractivity (Wildman–Crippen MR) is 113 cm³/mol. The van der Waals surface area contributed by atoms with E-state index in [9.17, 15) is 9.59 Å². The summed E-state index contributed by atoms with van der Waals surface area (Å²) in [7, 11) is 4.57. The molecule has 154 valence electrons. The van der Waals surface area contributed by atoms with E-state index in [0.717, 1.165) is 11.3 Å². The van der Waals surface area contributed by atoms with Crippen molar-refractivity contribution in [3.8, 4) is 17.2 Å². The van der Waals surface area contributed by atoms with E-state index in [1.54, 1.807) is 23.9 Å². The standard InChI is InChI=1S/C21H24N2O5S/c1-12(24)22-15-7-5-13(6-8-15)21-23-16(11-29-21)19(25)14-9-17(26-2)20(28-4)18(10-14)27-3/h5-10,16,21,23H,11H2,1-4H3,(H,22,24). The Morgan fingerprint density at radius 3 is 2.17 bits per heavy atom. The van der Waals surface area contributed by atoms with Crippen molar-refractivity contribution in [3.63, 3.8) is 0 Å². The number of methoxy groups -OCH3 is 3. The Kier molecular flexibility index (Phi) is 6.66. The quantitative estimate of drug-likeness (QED) is 0.670. The minimum atomic E-state index is -0.331. The Morgan fingerprint density at radius 2 is 1.66 bits per heavy atom. The molecule has 1 aliphatic rings. The Balaban J connectivity index is 1.74. The van der Waals surface area contributed by atoms with E-state index in [2.05, 4.69) is 10.6 Å². The van der Waals surface area contributed by atoms with Crippen LogP contribution in [-0.4, -0.2) is 44.8 Å². The van der Waals surface area contributed by atoms with Gasteiger partial charge in [-0.3, -0.25) is 14.9 Å². The van der Waals surface area contributed by atoms with Gasteiger partial charge in [-0.15, -0.1) is 11.8 Å². The molecular formula is C21H24N2O5S. The van der Waals surface area contributed by atoms with Crippen LogP contribution in [0.4, 0.5) is 5.69 Å². The number of rotatable bonds is 7. The number of hydrogen-bond donors (Lipinski definition) is 2. The van der Waals surface area contributed by atoms with Crippen LogP contribution in [-0.2, 0) is 4.79 Å². The smallest absolute Gasteiger partial charge is 0.221 e. The number of hydrogen-bond acceptors (Lipinski definition) is 7. The molecule has 2 atom stereocenters.